The van der Waals surface area contributed by atoms with Crippen molar-refractivity contribution in [2.45, 2.75) is 12.2 Å². The molecule has 5 heteroatoms. The molecule has 0 aromatic heterocycles. The SMILES string of the molecule is O=C(NCC(O)c1ccccc1)C1COCCO1. The van der Waals surface area contributed by atoms with Crippen LogP contribution in [0.1, 0.15) is 11.7 Å². The minimum Gasteiger partial charge on any atom is -0.387 e. The highest BCUT2D eigenvalue weighted by molar-refractivity contribution is 5.81. The molecule has 1 aliphatic heterocycles. The van der Waals surface area contributed by atoms with Crippen molar-refractivity contribution in [3.63, 3.8) is 0 Å². The van der Waals surface area contributed by atoms with Gasteiger partial charge in [-0.3, -0.25) is 4.79 Å². The fourth-order valence-electron chi connectivity index (χ4n) is 1.74. The zero-order valence-corrected chi connectivity index (χ0v) is 10.0. The number of benzene rings is 1. The number of nitrogens with one attached hydrogen (secondary N) is 1. The Morgan fingerprint density at radius 1 is 1.39 bits per heavy atom. The number of aliphatic hydroxyl groups excluding tert-OH is 1. The van der Waals surface area contributed by atoms with Crippen LogP contribution >= 0.6 is 0 Å². The molecule has 1 amide bonds. The molecule has 98 valence electrons. The molecule has 0 bridgehead atoms. The van der Waals surface area contributed by atoms with E-state index in [0.717, 1.165) is 5.56 Å². The molecule has 0 aliphatic carbocycles. The second-order valence-corrected chi connectivity index (χ2v) is 4.11. The smallest absolute Gasteiger partial charge is 0.251 e. The standard InChI is InChI=1S/C13H17NO4/c15-11(10-4-2-1-3-5-10)8-14-13(16)12-9-17-6-7-18-12/h1-5,11-12,15H,6-9H2,(H,14,16). The predicted molar refractivity (Wildman–Crippen MR) is 65.0 cm³/mol. The summed E-state index contributed by atoms with van der Waals surface area (Å²) >= 11 is 0. The molecule has 2 atom stereocenters. The lowest BCUT2D eigenvalue weighted by atomic mass is 10.1. The zero-order valence-electron chi connectivity index (χ0n) is 10.0. The Morgan fingerprint density at radius 3 is 2.83 bits per heavy atom. The molecule has 1 aromatic carbocycles. The Labute approximate surface area is 106 Å². The van der Waals surface area contributed by atoms with Crippen LogP contribution in [-0.2, 0) is 14.3 Å². The van der Waals surface area contributed by atoms with Crippen LogP contribution in [0.3, 0.4) is 0 Å². The first-order valence-corrected chi connectivity index (χ1v) is 5.97. The molecule has 0 spiro atoms. The maximum atomic E-state index is 11.7. The first-order chi connectivity index (χ1) is 8.77. The average Bonchev–Trinajstić information content (AvgIpc) is 2.46. The summed E-state index contributed by atoms with van der Waals surface area (Å²) in [6.45, 7) is 1.39. The second-order valence-electron chi connectivity index (χ2n) is 4.11. The van der Waals surface area contributed by atoms with E-state index in [1.54, 1.807) is 0 Å². The molecule has 1 saturated heterocycles. The van der Waals surface area contributed by atoms with Crippen LogP contribution < -0.4 is 5.32 Å². The molecule has 5 nitrogen and oxygen atoms in total. The Morgan fingerprint density at radius 2 is 2.17 bits per heavy atom. The summed E-state index contributed by atoms with van der Waals surface area (Å²) in [5.74, 6) is -0.246. The van der Waals surface area contributed by atoms with Gasteiger partial charge < -0.3 is 19.9 Å². The molecule has 1 heterocycles. The summed E-state index contributed by atoms with van der Waals surface area (Å²) < 4.78 is 10.4. The molecule has 0 radical (unpaired) electrons. The van der Waals surface area contributed by atoms with Crippen LogP contribution in [0.5, 0.6) is 0 Å². The summed E-state index contributed by atoms with van der Waals surface area (Å²) in [6, 6.07) is 9.20. The Bertz CT molecular complexity index is 376. The zero-order chi connectivity index (χ0) is 12.8. The van der Waals surface area contributed by atoms with Crippen LogP contribution in [-0.4, -0.2) is 43.5 Å². The second kappa shape index (κ2) is 6.49. The third-order valence-electron chi connectivity index (χ3n) is 2.76. The van der Waals surface area contributed by atoms with Gasteiger partial charge >= 0.3 is 0 Å². The fraction of sp³-hybridized carbons (Fsp3) is 0.462. The first-order valence-electron chi connectivity index (χ1n) is 5.97. The van der Waals surface area contributed by atoms with E-state index in [9.17, 15) is 9.90 Å². The van der Waals surface area contributed by atoms with Gasteiger partial charge in [0.25, 0.3) is 5.91 Å². The van der Waals surface area contributed by atoms with Gasteiger partial charge in [0.1, 0.15) is 0 Å². The van der Waals surface area contributed by atoms with E-state index in [1.807, 2.05) is 30.3 Å². The highest BCUT2D eigenvalue weighted by Gasteiger charge is 2.22. The number of rotatable bonds is 4. The Balaban J connectivity index is 1.78. The third kappa shape index (κ3) is 3.53. The quantitative estimate of drug-likeness (QED) is 0.805. The predicted octanol–water partition coefficient (Wildman–Crippen LogP) is 0.252. The number of carbonyl (C=O) groups excluding carboxylic acids is 1. The van der Waals surface area contributed by atoms with Crippen molar-refractivity contribution in [1.82, 2.24) is 5.32 Å². The van der Waals surface area contributed by atoms with Gasteiger partial charge in [-0.1, -0.05) is 30.3 Å². The van der Waals surface area contributed by atoms with E-state index in [-0.39, 0.29) is 19.1 Å². The van der Waals surface area contributed by atoms with E-state index in [2.05, 4.69) is 5.32 Å². The van der Waals surface area contributed by atoms with E-state index in [0.29, 0.717) is 13.2 Å². The minimum absolute atomic E-state index is 0.169. The van der Waals surface area contributed by atoms with Gasteiger partial charge in [-0.25, -0.2) is 0 Å². The van der Waals surface area contributed by atoms with E-state index in [4.69, 9.17) is 9.47 Å². The van der Waals surface area contributed by atoms with Gasteiger partial charge in [-0.15, -0.1) is 0 Å². The normalized spacial score (nSPS) is 21.3. The number of hydrogen-bond donors (Lipinski definition) is 2. The molecule has 2 rings (SSSR count). The fourth-order valence-corrected chi connectivity index (χ4v) is 1.74. The summed E-state index contributed by atoms with van der Waals surface area (Å²) in [6.07, 6.45) is -1.28. The van der Waals surface area contributed by atoms with Crippen molar-refractivity contribution in [1.29, 1.82) is 0 Å². The monoisotopic (exact) mass is 251 g/mol. The lowest BCUT2D eigenvalue weighted by Crippen LogP contribution is -2.43. The molecular weight excluding hydrogens is 234 g/mol. The van der Waals surface area contributed by atoms with Crippen LogP contribution in [0.15, 0.2) is 30.3 Å². The minimum atomic E-state index is -0.709. The number of ether oxygens (including phenoxy) is 2. The van der Waals surface area contributed by atoms with Crippen LogP contribution in [0.4, 0.5) is 0 Å². The van der Waals surface area contributed by atoms with E-state index < -0.39 is 12.2 Å². The molecule has 1 fully saturated rings. The molecule has 1 aromatic rings. The Kier molecular flexibility index (Phi) is 4.69. The van der Waals surface area contributed by atoms with Crippen LogP contribution in [0.2, 0.25) is 0 Å². The van der Waals surface area contributed by atoms with Gasteiger partial charge in [0.2, 0.25) is 0 Å². The highest BCUT2D eigenvalue weighted by Crippen LogP contribution is 2.10. The third-order valence-corrected chi connectivity index (χ3v) is 2.76. The van der Waals surface area contributed by atoms with Crippen molar-refractivity contribution in [3.8, 4) is 0 Å². The van der Waals surface area contributed by atoms with Gasteiger partial charge in [-0.2, -0.15) is 0 Å². The largest absolute Gasteiger partial charge is 0.387 e. The summed E-state index contributed by atoms with van der Waals surface area (Å²) in [5.41, 5.74) is 0.776. The topological polar surface area (TPSA) is 67.8 Å². The van der Waals surface area contributed by atoms with Gasteiger partial charge in [-0.05, 0) is 5.56 Å². The average molecular weight is 251 g/mol. The molecule has 1 aliphatic rings. The van der Waals surface area contributed by atoms with Crippen LogP contribution in [0.25, 0.3) is 0 Å². The number of aliphatic hydroxyl groups is 1. The van der Waals surface area contributed by atoms with E-state index in [1.165, 1.54) is 0 Å². The summed E-state index contributed by atoms with van der Waals surface area (Å²) in [5, 5.41) is 12.5. The number of carbonyl (C=O) groups is 1. The molecule has 2 unspecified atom stereocenters. The highest BCUT2D eigenvalue weighted by atomic mass is 16.6. The lowest BCUT2D eigenvalue weighted by molar-refractivity contribution is -0.147. The maximum Gasteiger partial charge on any atom is 0.251 e. The Hall–Kier alpha value is -1.43. The summed E-state index contributed by atoms with van der Waals surface area (Å²) in [4.78, 5) is 11.7. The summed E-state index contributed by atoms with van der Waals surface area (Å²) in [7, 11) is 0. The van der Waals surface area contributed by atoms with E-state index >= 15 is 0 Å². The molecular formula is C13H17NO4. The lowest BCUT2D eigenvalue weighted by Gasteiger charge is -2.22. The van der Waals surface area contributed by atoms with Gasteiger partial charge in [0, 0.05) is 6.54 Å². The molecule has 2 N–H and O–H groups in total. The molecule has 18 heavy (non-hydrogen) atoms. The number of hydrogen-bond acceptors (Lipinski definition) is 4. The van der Waals surface area contributed by atoms with Crippen molar-refractivity contribution < 1.29 is 19.4 Å². The van der Waals surface area contributed by atoms with Crippen molar-refractivity contribution in [2.75, 3.05) is 26.4 Å². The van der Waals surface area contributed by atoms with Gasteiger partial charge in [0.15, 0.2) is 6.10 Å². The van der Waals surface area contributed by atoms with Crippen LogP contribution in [0, 0.1) is 0 Å². The van der Waals surface area contributed by atoms with Crippen molar-refractivity contribution in [2.24, 2.45) is 0 Å². The van der Waals surface area contributed by atoms with Gasteiger partial charge in [0.05, 0.1) is 25.9 Å². The van der Waals surface area contributed by atoms with Crippen molar-refractivity contribution >= 4 is 5.91 Å². The van der Waals surface area contributed by atoms with Crippen molar-refractivity contribution in [3.05, 3.63) is 35.9 Å². The molecule has 0 saturated carbocycles. The maximum absolute atomic E-state index is 11.7. The number of amides is 1. The first kappa shape index (κ1) is 13.0.